The van der Waals surface area contributed by atoms with Gasteiger partial charge in [-0.25, -0.2) is 4.39 Å². The molecule has 0 bridgehead atoms. The zero-order chi connectivity index (χ0) is 10.7. The highest BCUT2D eigenvalue weighted by Gasteiger charge is 2.04. The van der Waals surface area contributed by atoms with Gasteiger partial charge in [0.05, 0.1) is 6.07 Å². The highest BCUT2D eigenvalue weighted by Crippen LogP contribution is 2.20. The SMILES string of the molecule is N#CCCCc1c[nH]c2ccc(F)cc12. The van der Waals surface area contributed by atoms with Crippen LogP contribution in [0, 0.1) is 17.1 Å². The number of halogens is 1. The fraction of sp³-hybridized carbons (Fsp3) is 0.250. The molecule has 0 atom stereocenters. The van der Waals surface area contributed by atoms with Gasteiger partial charge in [-0.1, -0.05) is 0 Å². The average molecular weight is 202 g/mol. The minimum absolute atomic E-state index is 0.219. The second-order valence-electron chi connectivity index (χ2n) is 3.52. The minimum Gasteiger partial charge on any atom is -0.361 e. The number of hydrogen-bond donors (Lipinski definition) is 1. The number of hydrogen-bond acceptors (Lipinski definition) is 1. The van der Waals surface area contributed by atoms with Gasteiger partial charge in [0.1, 0.15) is 5.82 Å². The molecule has 1 aromatic heterocycles. The van der Waals surface area contributed by atoms with Crippen LogP contribution >= 0.6 is 0 Å². The number of aromatic nitrogens is 1. The van der Waals surface area contributed by atoms with Crippen LogP contribution in [0.15, 0.2) is 24.4 Å². The van der Waals surface area contributed by atoms with Crippen molar-refractivity contribution < 1.29 is 4.39 Å². The molecular formula is C12H11FN2. The van der Waals surface area contributed by atoms with Gasteiger partial charge in [0, 0.05) is 23.5 Å². The Kier molecular flexibility index (Phi) is 2.68. The first kappa shape index (κ1) is 9.72. The maximum Gasteiger partial charge on any atom is 0.123 e. The molecule has 0 unspecified atom stereocenters. The molecule has 0 aliphatic rings. The first-order valence-electron chi connectivity index (χ1n) is 4.94. The van der Waals surface area contributed by atoms with E-state index in [2.05, 4.69) is 11.1 Å². The van der Waals surface area contributed by atoms with Gasteiger partial charge in [-0.3, -0.25) is 0 Å². The molecule has 0 saturated heterocycles. The predicted molar refractivity (Wildman–Crippen MR) is 56.8 cm³/mol. The Balaban J connectivity index is 2.28. The van der Waals surface area contributed by atoms with Crippen LogP contribution in [-0.2, 0) is 6.42 Å². The third kappa shape index (κ3) is 1.99. The highest BCUT2D eigenvalue weighted by molar-refractivity contribution is 5.83. The molecule has 0 spiro atoms. The molecule has 1 aromatic carbocycles. The summed E-state index contributed by atoms with van der Waals surface area (Å²) in [5.74, 6) is -0.219. The third-order valence-electron chi connectivity index (χ3n) is 2.46. The Labute approximate surface area is 87.3 Å². The molecule has 2 nitrogen and oxygen atoms in total. The number of H-pyrrole nitrogens is 1. The van der Waals surface area contributed by atoms with Crippen molar-refractivity contribution in [1.29, 1.82) is 5.26 Å². The lowest BCUT2D eigenvalue weighted by atomic mass is 10.1. The molecule has 0 amide bonds. The molecule has 0 aliphatic carbocycles. The topological polar surface area (TPSA) is 39.6 Å². The summed E-state index contributed by atoms with van der Waals surface area (Å²) in [5, 5.41) is 9.36. The van der Waals surface area contributed by atoms with Crippen LogP contribution in [0.25, 0.3) is 10.9 Å². The molecule has 0 radical (unpaired) electrons. The number of aryl methyl sites for hydroxylation is 1. The molecular weight excluding hydrogens is 191 g/mol. The molecule has 0 aliphatic heterocycles. The lowest BCUT2D eigenvalue weighted by Crippen LogP contribution is -1.83. The van der Waals surface area contributed by atoms with E-state index in [0.717, 1.165) is 29.3 Å². The monoisotopic (exact) mass is 202 g/mol. The fourth-order valence-corrected chi connectivity index (χ4v) is 1.72. The first-order chi connectivity index (χ1) is 7.31. The first-order valence-corrected chi connectivity index (χ1v) is 4.94. The standard InChI is InChI=1S/C12H11FN2/c13-10-4-5-12-11(7-10)9(8-15-12)3-1-2-6-14/h4-5,7-8,15H,1-3H2. The van der Waals surface area contributed by atoms with Gasteiger partial charge in [-0.05, 0) is 36.6 Å². The van der Waals surface area contributed by atoms with Crippen molar-refractivity contribution in [2.45, 2.75) is 19.3 Å². The smallest absolute Gasteiger partial charge is 0.123 e. The Morgan fingerprint density at radius 2 is 2.27 bits per heavy atom. The van der Waals surface area contributed by atoms with Crippen LogP contribution in [0.2, 0.25) is 0 Å². The van der Waals surface area contributed by atoms with E-state index < -0.39 is 0 Å². The molecule has 3 heteroatoms. The maximum absolute atomic E-state index is 13.0. The summed E-state index contributed by atoms with van der Waals surface area (Å²) in [4.78, 5) is 3.09. The molecule has 1 N–H and O–H groups in total. The van der Waals surface area contributed by atoms with Gasteiger partial charge >= 0.3 is 0 Å². The van der Waals surface area contributed by atoms with Crippen molar-refractivity contribution in [1.82, 2.24) is 4.98 Å². The van der Waals surface area contributed by atoms with Crippen LogP contribution < -0.4 is 0 Å². The molecule has 2 aromatic rings. The van der Waals surface area contributed by atoms with Crippen molar-refractivity contribution >= 4 is 10.9 Å². The zero-order valence-corrected chi connectivity index (χ0v) is 8.26. The predicted octanol–water partition coefficient (Wildman–Crippen LogP) is 3.15. The zero-order valence-electron chi connectivity index (χ0n) is 8.26. The number of unbranched alkanes of at least 4 members (excludes halogenated alkanes) is 1. The fourth-order valence-electron chi connectivity index (χ4n) is 1.72. The summed E-state index contributed by atoms with van der Waals surface area (Å²) < 4.78 is 13.0. The number of nitrogens with zero attached hydrogens (tertiary/aromatic N) is 1. The van der Waals surface area contributed by atoms with Crippen molar-refractivity contribution in [2.75, 3.05) is 0 Å². The third-order valence-corrected chi connectivity index (χ3v) is 2.46. The molecule has 76 valence electrons. The van der Waals surface area contributed by atoms with Crippen LogP contribution in [0.4, 0.5) is 4.39 Å². The van der Waals surface area contributed by atoms with E-state index in [-0.39, 0.29) is 5.82 Å². The van der Waals surface area contributed by atoms with E-state index in [9.17, 15) is 4.39 Å². The summed E-state index contributed by atoms with van der Waals surface area (Å²) in [6.45, 7) is 0. The summed E-state index contributed by atoms with van der Waals surface area (Å²) >= 11 is 0. The van der Waals surface area contributed by atoms with Crippen LogP contribution in [-0.4, -0.2) is 4.98 Å². The highest BCUT2D eigenvalue weighted by atomic mass is 19.1. The van der Waals surface area contributed by atoms with Crippen molar-refractivity contribution in [3.05, 3.63) is 35.8 Å². The number of benzene rings is 1. The minimum atomic E-state index is -0.219. The van der Waals surface area contributed by atoms with Crippen molar-refractivity contribution in [2.24, 2.45) is 0 Å². The van der Waals surface area contributed by atoms with E-state index in [1.165, 1.54) is 12.1 Å². The summed E-state index contributed by atoms with van der Waals surface area (Å²) in [5.41, 5.74) is 2.03. The van der Waals surface area contributed by atoms with Gasteiger partial charge in [0.25, 0.3) is 0 Å². The van der Waals surface area contributed by atoms with Gasteiger partial charge in [0.15, 0.2) is 0 Å². The second-order valence-corrected chi connectivity index (χ2v) is 3.52. The van der Waals surface area contributed by atoms with Crippen LogP contribution in [0.1, 0.15) is 18.4 Å². The quantitative estimate of drug-likeness (QED) is 0.763. The number of nitrogens with one attached hydrogen (secondary N) is 1. The molecule has 0 fully saturated rings. The van der Waals surface area contributed by atoms with E-state index >= 15 is 0 Å². The van der Waals surface area contributed by atoms with Crippen LogP contribution in [0.5, 0.6) is 0 Å². The number of nitriles is 1. The van der Waals surface area contributed by atoms with E-state index in [4.69, 9.17) is 5.26 Å². The van der Waals surface area contributed by atoms with E-state index in [1.807, 2.05) is 6.20 Å². The Hall–Kier alpha value is -1.82. The van der Waals surface area contributed by atoms with Crippen molar-refractivity contribution in [3.8, 4) is 6.07 Å². The van der Waals surface area contributed by atoms with E-state index in [1.54, 1.807) is 6.07 Å². The van der Waals surface area contributed by atoms with E-state index in [0.29, 0.717) is 6.42 Å². The average Bonchev–Trinajstić information content (AvgIpc) is 2.62. The normalized spacial score (nSPS) is 10.4. The lowest BCUT2D eigenvalue weighted by molar-refractivity contribution is 0.629. The largest absolute Gasteiger partial charge is 0.361 e. The Morgan fingerprint density at radius 3 is 3.07 bits per heavy atom. The summed E-state index contributed by atoms with van der Waals surface area (Å²) in [6, 6.07) is 6.82. The maximum atomic E-state index is 13.0. The van der Waals surface area contributed by atoms with Crippen LogP contribution in [0.3, 0.4) is 0 Å². The van der Waals surface area contributed by atoms with Gasteiger partial charge in [-0.2, -0.15) is 5.26 Å². The lowest BCUT2D eigenvalue weighted by Gasteiger charge is -1.96. The Morgan fingerprint density at radius 1 is 1.40 bits per heavy atom. The molecule has 1 heterocycles. The second kappa shape index (κ2) is 4.14. The van der Waals surface area contributed by atoms with Gasteiger partial charge < -0.3 is 4.98 Å². The Bertz CT molecular complexity index is 508. The summed E-state index contributed by atoms with van der Waals surface area (Å²) in [7, 11) is 0. The molecule has 2 rings (SSSR count). The van der Waals surface area contributed by atoms with Gasteiger partial charge in [-0.15, -0.1) is 0 Å². The number of fused-ring (bicyclic) bond motifs is 1. The summed E-state index contributed by atoms with van der Waals surface area (Å²) in [6.07, 6.45) is 4.07. The number of aromatic amines is 1. The molecule has 0 saturated carbocycles. The van der Waals surface area contributed by atoms with Crippen molar-refractivity contribution in [3.63, 3.8) is 0 Å². The number of rotatable bonds is 3. The molecule has 15 heavy (non-hydrogen) atoms. The van der Waals surface area contributed by atoms with Gasteiger partial charge in [0.2, 0.25) is 0 Å².